The molecule has 2 aliphatic rings. The van der Waals surface area contributed by atoms with Crippen molar-refractivity contribution >= 4 is 63.1 Å². The van der Waals surface area contributed by atoms with Crippen LogP contribution in [0.3, 0.4) is 0 Å². The van der Waals surface area contributed by atoms with E-state index in [2.05, 4.69) is 15.5 Å². The molecule has 0 spiro atoms. The number of fused-ring (bicyclic) bond motifs is 1. The van der Waals surface area contributed by atoms with E-state index in [0.29, 0.717) is 17.9 Å². The number of nitrogens with two attached hydrogens (primary N) is 1. The fourth-order valence-corrected chi connectivity index (χ4v) is 5.76. The van der Waals surface area contributed by atoms with Gasteiger partial charge >= 0.3 is 5.97 Å². The number of carbonyl (C=O) groups excluding carboxylic acids is 2. The van der Waals surface area contributed by atoms with Crippen molar-refractivity contribution in [2.24, 2.45) is 5.16 Å². The number of thiazole rings is 2. The standard InChI is InChI=1S/C17H16N6O5S3/c1-28-21-10(9-6-31-17(18)19-9)13(24)20-11-14(25)23-12(16(26)27)8(5-30-15(11)23)4-22-2-3-29-7-22/h2-3,6-7,11,15H,4-5H2,1H3,(H3-,18,19,20,24,26,27)/p+1/b21-10-/t11-,15-/m1/s1. The number of rotatable bonds is 7. The highest BCUT2D eigenvalue weighted by Gasteiger charge is 2.54. The topological polar surface area (TPSA) is 151 Å². The van der Waals surface area contributed by atoms with Crippen LogP contribution < -0.4 is 15.6 Å². The third-order valence-corrected chi connectivity index (χ3v) is 7.28. The minimum atomic E-state index is -1.17. The van der Waals surface area contributed by atoms with Gasteiger partial charge < -0.3 is 21.0 Å². The van der Waals surface area contributed by atoms with Gasteiger partial charge in [-0.2, -0.15) is 4.57 Å². The summed E-state index contributed by atoms with van der Waals surface area (Å²) < 4.78 is 1.86. The Balaban J connectivity index is 1.53. The van der Waals surface area contributed by atoms with Crippen LogP contribution in [0.15, 0.2) is 38.9 Å². The molecule has 2 aromatic rings. The molecule has 162 valence electrons. The number of carbonyl (C=O) groups is 3. The number of nitrogens with zero attached hydrogens (tertiary/aromatic N) is 4. The smallest absolute Gasteiger partial charge is 0.352 e. The third kappa shape index (κ3) is 4.00. The largest absolute Gasteiger partial charge is 0.477 e. The van der Waals surface area contributed by atoms with Crippen molar-refractivity contribution in [2.75, 3.05) is 18.6 Å². The normalized spacial score (nSPS) is 20.9. The second kappa shape index (κ2) is 8.64. The second-order valence-electron chi connectivity index (χ2n) is 6.51. The van der Waals surface area contributed by atoms with E-state index in [9.17, 15) is 19.5 Å². The minimum Gasteiger partial charge on any atom is -0.477 e. The Kier molecular flexibility index (Phi) is 5.93. The Bertz CT molecular complexity index is 1100. The number of amides is 2. The van der Waals surface area contributed by atoms with E-state index in [1.807, 2.05) is 21.7 Å². The molecule has 4 N–H and O–H groups in total. The van der Waals surface area contributed by atoms with Gasteiger partial charge in [-0.05, 0) is 0 Å². The monoisotopic (exact) mass is 481 g/mol. The van der Waals surface area contributed by atoms with Crippen LogP contribution in [-0.2, 0) is 25.8 Å². The molecule has 11 nitrogen and oxygen atoms in total. The average molecular weight is 482 g/mol. The number of hydrogen-bond donors (Lipinski definition) is 3. The van der Waals surface area contributed by atoms with Crippen molar-refractivity contribution in [2.45, 2.75) is 18.0 Å². The highest BCUT2D eigenvalue weighted by molar-refractivity contribution is 8.00. The maximum absolute atomic E-state index is 12.8. The molecule has 4 heterocycles. The zero-order valence-corrected chi connectivity index (χ0v) is 18.5. The van der Waals surface area contributed by atoms with Crippen molar-refractivity contribution in [3.8, 4) is 0 Å². The number of hydrogen-bond acceptors (Lipinski definition) is 10. The van der Waals surface area contributed by atoms with E-state index >= 15 is 0 Å². The van der Waals surface area contributed by atoms with Gasteiger partial charge in [0.15, 0.2) is 23.6 Å². The van der Waals surface area contributed by atoms with Gasteiger partial charge in [-0.15, -0.1) is 23.1 Å². The molecule has 2 aliphatic heterocycles. The van der Waals surface area contributed by atoms with Crippen LogP contribution in [0.2, 0.25) is 0 Å². The first-order chi connectivity index (χ1) is 14.9. The summed E-state index contributed by atoms with van der Waals surface area (Å²) in [5, 5.41) is 19.2. The van der Waals surface area contributed by atoms with Gasteiger partial charge in [0.2, 0.25) is 5.51 Å². The van der Waals surface area contributed by atoms with Gasteiger partial charge in [-0.1, -0.05) is 16.5 Å². The summed E-state index contributed by atoms with van der Waals surface area (Å²) in [6, 6.07) is -0.889. The van der Waals surface area contributed by atoms with Crippen LogP contribution in [0.25, 0.3) is 0 Å². The molecule has 0 saturated carbocycles. The van der Waals surface area contributed by atoms with Crippen LogP contribution in [0, 0.1) is 0 Å². The first kappa shape index (κ1) is 21.3. The summed E-state index contributed by atoms with van der Waals surface area (Å²) in [4.78, 5) is 47.5. The molecule has 14 heteroatoms. The van der Waals surface area contributed by atoms with Crippen LogP contribution in [0.5, 0.6) is 0 Å². The number of carboxylic acids is 1. The molecule has 1 fully saturated rings. The highest BCUT2D eigenvalue weighted by Crippen LogP contribution is 2.40. The van der Waals surface area contributed by atoms with Crippen LogP contribution >= 0.6 is 34.4 Å². The molecule has 0 aromatic carbocycles. The van der Waals surface area contributed by atoms with Crippen molar-refractivity contribution in [1.82, 2.24) is 15.2 Å². The molecule has 31 heavy (non-hydrogen) atoms. The van der Waals surface area contributed by atoms with Crippen molar-refractivity contribution in [1.29, 1.82) is 0 Å². The zero-order valence-electron chi connectivity index (χ0n) is 16.0. The molecule has 4 rings (SSSR count). The molecule has 0 aliphatic carbocycles. The summed E-state index contributed by atoms with van der Waals surface area (Å²) in [5.74, 6) is -1.90. The number of nitrogen functional groups attached to an aromatic ring is 1. The van der Waals surface area contributed by atoms with Crippen molar-refractivity contribution in [3.63, 3.8) is 0 Å². The highest BCUT2D eigenvalue weighted by atomic mass is 32.2. The van der Waals surface area contributed by atoms with E-state index < -0.39 is 29.2 Å². The van der Waals surface area contributed by atoms with Gasteiger partial charge in [0.25, 0.3) is 11.8 Å². The summed E-state index contributed by atoms with van der Waals surface area (Å²) >= 11 is 4.03. The molecule has 0 bridgehead atoms. The van der Waals surface area contributed by atoms with E-state index in [1.165, 1.54) is 35.1 Å². The van der Waals surface area contributed by atoms with Gasteiger partial charge in [0, 0.05) is 16.7 Å². The lowest BCUT2D eigenvalue weighted by Gasteiger charge is -2.49. The van der Waals surface area contributed by atoms with Crippen LogP contribution in [0.4, 0.5) is 5.13 Å². The van der Waals surface area contributed by atoms with Gasteiger partial charge in [0.05, 0.1) is 5.38 Å². The Morgan fingerprint density at radius 1 is 1.52 bits per heavy atom. The van der Waals surface area contributed by atoms with Crippen molar-refractivity contribution in [3.05, 3.63) is 39.4 Å². The number of carboxylic acid groups (broad SMARTS) is 1. The molecule has 2 aromatic heterocycles. The van der Waals surface area contributed by atoms with Gasteiger partial charge in [-0.25, -0.2) is 9.78 Å². The fourth-order valence-electron chi connectivity index (χ4n) is 3.28. The summed E-state index contributed by atoms with van der Waals surface area (Å²) in [6.07, 6.45) is 1.84. The summed E-state index contributed by atoms with van der Waals surface area (Å²) in [5.41, 5.74) is 8.20. The van der Waals surface area contributed by atoms with Crippen molar-refractivity contribution < 1.29 is 28.9 Å². The molecular formula is C17H17N6O5S3+. The lowest BCUT2D eigenvalue weighted by atomic mass is 10.0. The molecule has 2 amide bonds. The maximum Gasteiger partial charge on any atom is 0.352 e. The molecule has 0 radical (unpaired) electrons. The number of anilines is 1. The third-order valence-electron chi connectivity index (χ3n) is 4.60. The second-order valence-corrected chi connectivity index (χ2v) is 9.26. The maximum atomic E-state index is 12.8. The lowest BCUT2D eigenvalue weighted by Crippen LogP contribution is -2.71. The summed E-state index contributed by atoms with van der Waals surface area (Å²) in [6.45, 7) is 0.377. The molecule has 0 unspecified atom stereocenters. The SMILES string of the molecule is CO/N=C(\C(=O)N[C@@H]1C(=O)N2C(C(=O)O)=C(C[n+]3ccsc3)CS[C@H]12)c1csc(N)n1. The number of β-lactam (4-membered cyclic amide) rings is 1. The Labute approximate surface area is 188 Å². The first-order valence-corrected chi connectivity index (χ1v) is 11.7. The van der Waals surface area contributed by atoms with Crippen LogP contribution in [-0.4, -0.2) is 62.8 Å². The van der Waals surface area contributed by atoms with E-state index in [0.717, 1.165) is 11.3 Å². The Hall–Kier alpha value is -2.97. The fraction of sp³-hybridized carbons (Fsp3) is 0.294. The molecule has 1 saturated heterocycles. The van der Waals surface area contributed by atoms with E-state index in [4.69, 9.17) is 10.6 Å². The zero-order chi connectivity index (χ0) is 22.1. The number of thioether (sulfide) groups is 1. The predicted molar refractivity (Wildman–Crippen MR) is 114 cm³/mol. The Morgan fingerprint density at radius 3 is 2.94 bits per heavy atom. The quantitative estimate of drug-likeness (QED) is 0.214. The predicted octanol–water partition coefficient (Wildman–Crippen LogP) is -0.136. The van der Waals surface area contributed by atoms with Gasteiger partial charge in [0.1, 0.15) is 29.9 Å². The van der Waals surface area contributed by atoms with Crippen LogP contribution in [0.1, 0.15) is 5.69 Å². The molecule has 2 atom stereocenters. The molecular weight excluding hydrogens is 464 g/mol. The number of oxime groups is 1. The summed E-state index contributed by atoms with van der Waals surface area (Å²) in [7, 11) is 1.28. The number of aliphatic carboxylic acids is 1. The van der Waals surface area contributed by atoms with E-state index in [-0.39, 0.29) is 22.2 Å². The average Bonchev–Trinajstić information content (AvgIpc) is 3.41. The number of aromatic nitrogens is 2. The van der Waals surface area contributed by atoms with Gasteiger partial charge in [-0.3, -0.25) is 14.5 Å². The Morgan fingerprint density at radius 2 is 2.32 bits per heavy atom. The van der Waals surface area contributed by atoms with E-state index in [1.54, 1.807) is 5.38 Å². The first-order valence-electron chi connectivity index (χ1n) is 8.85. The lowest BCUT2D eigenvalue weighted by molar-refractivity contribution is -0.684. The minimum absolute atomic E-state index is 0.0315. The number of nitrogens with one attached hydrogen (secondary N) is 1.